The Morgan fingerprint density at radius 1 is 1.47 bits per heavy atom. The standard InChI is InChI=1S/C12H13FN4OS/c1-8(9-5-3-4-6-10(9)13)17(2)12(18)15-11-16-14-7-19-11/h3-8H,1-2H3,(H,15,16,18). The van der Waals surface area contributed by atoms with Crippen molar-refractivity contribution in [3.63, 3.8) is 0 Å². The van der Waals surface area contributed by atoms with Gasteiger partial charge in [-0.3, -0.25) is 5.32 Å². The van der Waals surface area contributed by atoms with Gasteiger partial charge in [0, 0.05) is 12.6 Å². The lowest BCUT2D eigenvalue weighted by molar-refractivity contribution is 0.207. The Bertz CT molecular complexity index is 561. The van der Waals surface area contributed by atoms with Crippen molar-refractivity contribution in [1.82, 2.24) is 15.1 Å². The number of hydrogen-bond acceptors (Lipinski definition) is 4. The average molecular weight is 280 g/mol. The third-order valence-electron chi connectivity index (χ3n) is 2.83. The first-order valence-electron chi connectivity index (χ1n) is 5.64. The summed E-state index contributed by atoms with van der Waals surface area (Å²) in [5.41, 5.74) is 1.99. The molecule has 0 fully saturated rings. The fourth-order valence-electron chi connectivity index (χ4n) is 1.61. The minimum atomic E-state index is -0.380. The van der Waals surface area contributed by atoms with Crippen LogP contribution in [0, 0.1) is 5.82 Å². The SMILES string of the molecule is CC(c1ccccc1F)N(C)C(=O)Nc1nncs1. The van der Waals surface area contributed by atoms with Crippen LogP contribution in [-0.2, 0) is 0 Å². The molecule has 1 aromatic carbocycles. The number of anilines is 1. The van der Waals surface area contributed by atoms with Crippen molar-refractivity contribution in [2.24, 2.45) is 0 Å². The molecule has 0 saturated heterocycles. The number of carbonyl (C=O) groups excluding carboxylic acids is 1. The van der Waals surface area contributed by atoms with Crippen LogP contribution in [0.3, 0.4) is 0 Å². The van der Waals surface area contributed by atoms with Gasteiger partial charge >= 0.3 is 6.03 Å². The first-order valence-corrected chi connectivity index (χ1v) is 6.52. The summed E-state index contributed by atoms with van der Waals surface area (Å²) in [5, 5.41) is 10.4. The fraction of sp³-hybridized carbons (Fsp3) is 0.250. The Kier molecular flexibility index (Phi) is 4.06. The molecule has 1 atom stereocenters. The smallest absolute Gasteiger partial charge is 0.321 e. The van der Waals surface area contributed by atoms with Gasteiger partial charge in [-0.2, -0.15) is 0 Å². The van der Waals surface area contributed by atoms with Gasteiger partial charge in [0.1, 0.15) is 11.3 Å². The number of nitrogens with zero attached hydrogens (tertiary/aromatic N) is 3. The lowest BCUT2D eigenvalue weighted by Gasteiger charge is -2.25. The number of amides is 2. The fourth-order valence-corrected chi connectivity index (χ4v) is 2.04. The molecule has 2 rings (SSSR count). The molecule has 2 aromatic rings. The van der Waals surface area contributed by atoms with E-state index in [0.717, 1.165) is 0 Å². The van der Waals surface area contributed by atoms with Gasteiger partial charge in [-0.1, -0.05) is 29.5 Å². The zero-order valence-corrected chi connectivity index (χ0v) is 11.3. The summed E-state index contributed by atoms with van der Waals surface area (Å²) in [6.07, 6.45) is 0. The van der Waals surface area contributed by atoms with E-state index in [1.165, 1.54) is 27.8 Å². The molecule has 0 aliphatic rings. The molecule has 0 aliphatic carbocycles. The monoisotopic (exact) mass is 280 g/mol. The van der Waals surface area contributed by atoms with Crippen LogP contribution in [0.15, 0.2) is 29.8 Å². The highest BCUT2D eigenvalue weighted by molar-refractivity contribution is 7.13. The highest BCUT2D eigenvalue weighted by Gasteiger charge is 2.20. The largest absolute Gasteiger partial charge is 0.323 e. The quantitative estimate of drug-likeness (QED) is 0.940. The molecule has 0 bridgehead atoms. The maximum Gasteiger partial charge on any atom is 0.323 e. The molecule has 1 heterocycles. The molecule has 1 aromatic heterocycles. The van der Waals surface area contributed by atoms with E-state index in [1.54, 1.807) is 32.2 Å². The zero-order chi connectivity index (χ0) is 13.8. The second kappa shape index (κ2) is 5.75. The second-order valence-electron chi connectivity index (χ2n) is 3.98. The minimum Gasteiger partial charge on any atom is -0.321 e. The van der Waals surface area contributed by atoms with E-state index in [0.29, 0.717) is 10.7 Å². The Labute approximate surface area is 114 Å². The van der Waals surface area contributed by atoms with Gasteiger partial charge in [0.25, 0.3) is 0 Å². The van der Waals surface area contributed by atoms with Crippen LogP contribution in [0.4, 0.5) is 14.3 Å². The molecule has 19 heavy (non-hydrogen) atoms. The first-order chi connectivity index (χ1) is 9.09. The summed E-state index contributed by atoms with van der Waals surface area (Å²) in [7, 11) is 1.60. The van der Waals surface area contributed by atoms with Crippen molar-refractivity contribution in [3.8, 4) is 0 Å². The first kappa shape index (κ1) is 13.4. The molecule has 0 radical (unpaired) electrons. The number of carbonyl (C=O) groups is 1. The molecule has 0 aliphatic heterocycles. The highest BCUT2D eigenvalue weighted by Crippen LogP contribution is 2.22. The van der Waals surface area contributed by atoms with Crippen molar-refractivity contribution in [2.75, 3.05) is 12.4 Å². The Morgan fingerprint density at radius 3 is 2.84 bits per heavy atom. The predicted molar refractivity (Wildman–Crippen MR) is 71.5 cm³/mol. The van der Waals surface area contributed by atoms with Gasteiger partial charge < -0.3 is 4.90 Å². The zero-order valence-electron chi connectivity index (χ0n) is 10.5. The number of hydrogen-bond donors (Lipinski definition) is 1. The van der Waals surface area contributed by atoms with E-state index in [1.807, 2.05) is 0 Å². The van der Waals surface area contributed by atoms with E-state index in [9.17, 15) is 9.18 Å². The Morgan fingerprint density at radius 2 is 2.21 bits per heavy atom. The summed E-state index contributed by atoms with van der Waals surface area (Å²) >= 11 is 1.22. The van der Waals surface area contributed by atoms with Gasteiger partial charge in [0.05, 0.1) is 6.04 Å². The van der Waals surface area contributed by atoms with E-state index < -0.39 is 0 Å². The van der Waals surface area contributed by atoms with Crippen LogP contribution in [0.2, 0.25) is 0 Å². The third-order valence-corrected chi connectivity index (χ3v) is 3.44. The lowest BCUT2D eigenvalue weighted by atomic mass is 10.1. The van der Waals surface area contributed by atoms with Crippen LogP contribution in [-0.4, -0.2) is 28.2 Å². The van der Waals surface area contributed by atoms with Gasteiger partial charge in [0.15, 0.2) is 0 Å². The van der Waals surface area contributed by atoms with Crippen molar-refractivity contribution >= 4 is 22.5 Å². The summed E-state index contributed by atoms with van der Waals surface area (Å²) in [4.78, 5) is 13.4. The Hall–Kier alpha value is -2.02. The Balaban J connectivity index is 2.09. The average Bonchev–Trinajstić information content (AvgIpc) is 2.90. The number of urea groups is 1. The molecule has 2 amide bonds. The van der Waals surface area contributed by atoms with E-state index in [2.05, 4.69) is 15.5 Å². The van der Waals surface area contributed by atoms with Gasteiger partial charge in [-0.25, -0.2) is 9.18 Å². The number of benzene rings is 1. The lowest BCUT2D eigenvalue weighted by Crippen LogP contribution is -2.34. The van der Waals surface area contributed by atoms with Crippen LogP contribution in [0.5, 0.6) is 0 Å². The van der Waals surface area contributed by atoms with E-state index in [4.69, 9.17) is 0 Å². The second-order valence-corrected chi connectivity index (χ2v) is 4.82. The van der Waals surface area contributed by atoms with Crippen molar-refractivity contribution < 1.29 is 9.18 Å². The third kappa shape index (κ3) is 3.05. The van der Waals surface area contributed by atoms with Crippen LogP contribution < -0.4 is 5.32 Å². The van der Waals surface area contributed by atoms with Gasteiger partial charge in [-0.05, 0) is 13.0 Å². The maximum atomic E-state index is 13.7. The van der Waals surface area contributed by atoms with Crippen molar-refractivity contribution in [1.29, 1.82) is 0 Å². The van der Waals surface area contributed by atoms with E-state index >= 15 is 0 Å². The number of nitrogens with one attached hydrogen (secondary N) is 1. The molecular weight excluding hydrogens is 267 g/mol. The van der Waals surface area contributed by atoms with Crippen molar-refractivity contribution in [3.05, 3.63) is 41.2 Å². The highest BCUT2D eigenvalue weighted by atomic mass is 32.1. The normalized spacial score (nSPS) is 11.9. The molecule has 7 heteroatoms. The molecule has 5 nitrogen and oxygen atoms in total. The maximum absolute atomic E-state index is 13.7. The number of rotatable bonds is 3. The van der Waals surface area contributed by atoms with Crippen molar-refractivity contribution in [2.45, 2.75) is 13.0 Å². The molecular formula is C12H13FN4OS. The number of halogens is 1. The molecule has 1 N–H and O–H groups in total. The van der Waals surface area contributed by atoms with Crippen LogP contribution in [0.1, 0.15) is 18.5 Å². The topological polar surface area (TPSA) is 58.1 Å². The van der Waals surface area contributed by atoms with Gasteiger partial charge in [0.2, 0.25) is 5.13 Å². The molecule has 0 saturated carbocycles. The predicted octanol–water partition coefficient (Wildman–Crippen LogP) is 2.90. The molecule has 100 valence electrons. The number of aromatic nitrogens is 2. The molecule has 1 unspecified atom stereocenters. The van der Waals surface area contributed by atoms with E-state index in [-0.39, 0.29) is 17.9 Å². The van der Waals surface area contributed by atoms with Crippen LogP contribution >= 0.6 is 11.3 Å². The summed E-state index contributed by atoms with van der Waals surface area (Å²) < 4.78 is 13.7. The van der Waals surface area contributed by atoms with Gasteiger partial charge in [-0.15, -0.1) is 10.2 Å². The minimum absolute atomic E-state index is 0.328. The van der Waals surface area contributed by atoms with Crippen LogP contribution in [0.25, 0.3) is 0 Å². The summed E-state index contributed by atoms with van der Waals surface area (Å²) in [5.74, 6) is -0.328. The molecule has 0 spiro atoms. The summed E-state index contributed by atoms with van der Waals surface area (Å²) in [6.45, 7) is 1.76. The summed E-state index contributed by atoms with van der Waals surface area (Å²) in [6, 6.07) is 5.66.